The van der Waals surface area contributed by atoms with Gasteiger partial charge in [0.15, 0.2) is 0 Å². The summed E-state index contributed by atoms with van der Waals surface area (Å²) in [4.78, 5) is 22.8. The van der Waals surface area contributed by atoms with E-state index in [0.29, 0.717) is 13.0 Å². The Labute approximate surface area is 121 Å². The molecule has 0 atom stereocenters. The summed E-state index contributed by atoms with van der Waals surface area (Å²) >= 11 is 0. The molecule has 112 valence electrons. The van der Waals surface area contributed by atoms with E-state index in [1.807, 2.05) is 6.92 Å². The predicted octanol–water partition coefficient (Wildman–Crippen LogP) is 0.830. The highest BCUT2D eigenvalue weighted by Crippen LogP contribution is 2.26. The molecule has 19 heavy (non-hydrogen) atoms. The molecule has 1 saturated heterocycles. The number of hydrogen-bond acceptors (Lipinski definition) is 3. The highest BCUT2D eigenvalue weighted by Gasteiger charge is 2.26. The van der Waals surface area contributed by atoms with Crippen LogP contribution in [0.2, 0.25) is 0 Å². The third-order valence-electron chi connectivity index (χ3n) is 3.45. The Morgan fingerprint density at radius 2 is 1.79 bits per heavy atom. The molecular weight excluding hydrogens is 266 g/mol. The lowest BCUT2D eigenvalue weighted by Gasteiger charge is -2.34. The van der Waals surface area contributed by atoms with E-state index < -0.39 is 0 Å². The number of amides is 2. The van der Waals surface area contributed by atoms with Crippen LogP contribution in [-0.4, -0.2) is 38.0 Å². The van der Waals surface area contributed by atoms with Crippen molar-refractivity contribution in [3.05, 3.63) is 0 Å². The molecule has 1 aliphatic rings. The van der Waals surface area contributed by atoms with E-state index in [4.69, 9.17) is 0 Å². The van der Waals surface area contributed by atoms with Gasteiger partial charge in [0.2, 0.25) is 11.8 Å². The number of hydrogen-bond donors (Lipinski definition) is 3. The van der Waals surface area contributed by atoms with Gasteiger partial charge < -0.3 is 16.0 Å². The van der Waals surface area contributed by atoms with Gasteiger partial charge >= 0.3 is 0 Å². The van der Waals surface area contributed by atoms with Gasteiger partial charge in [0.05, 0.1) is 6.54 Å². The summed E-state index contributed by atoms with van der Waals surface area (Å²) in [5.74, 6) is -0.153. The fourth-order valence-corrected chi connectivity index (χ4v) is 2.08. The molecule has 1 fully saturated rings. The quantitative estimate of drug-likeness (QED) is 0.679. The smallest absolute Gasteiger partial charge is 0.239 e. The summed E-state index contributed by atoms with van der Waals surface area (Å²) in [5.41, 5.74) is 0.189. The van der Waals surface area contributed by atoms with Crippen molar-refractivity contribution in [1.82, 2.24) is 16.0 Å². The van der Waals surface area contributed by atoms with Crippen molar-refractivity contribution < 1.29 is 9.59 Å². The van der Waals surface area contributed by atoms with Crippen LogP contribution in [0.1, 0.15) is 39.5 Å². The lowest BCUT2D eigenvalue weighted by molar-refractivity contribution is -0.126. The molecule has 1 heterocycles. The van der Waals surface area contributed by atoms with E-state index in [2.05, 4.69) is 22.9 Å². The molecule has 6 heteroatoms. The van der Waals surface area contributed by atoms with E-state index in [9.17, 15) is 9.59 Å². The van der Waals surface area contributed by atoms with Gasteiger partial charge in [0.1, 0.15) is 0 Å². The zero-order chi connectivity index (χ0) is 13.4. The van der Waals surface area contributed by atoms with Gasteiger partial charge in [-0.25, -0.2) is 0 Å². The van der Waals surface area contributed by atoms with Crippen molar-refractivity contribution in [3.8, 4) is 0 Å². The van der Waals surface area contributed by atoms with Crippen LogP contribution in [0.3, 0.4) is 0 Å². The van der Waals surface area contributed by atoms with Gasteiger partial charge in [0, 0.05) is 13.0 Å². The molecule has 0 aromatic carbocycles. The highest BCUT2D eigenvalue weighted by atomic mass is 35.5. The third-order valence-corrected chi connectivity index (χ3v) is 3.45. The average Bonchev–Trinajstić information content (AvgIpc) is 2.35. The monoisotopic (exact) mass is 291 g/mol. The normalized spacial score (nSPS) is 17.2. The first kappa shape index (κ1) is 18.2. The van der Waals surface area contributed by atoms with Crippen LogP contribution in [0.15, 0.2) is 0 Å². The Kier molecular flexibility index (Phi) is 8.76. The van der Waals surface area contributed by atoms with Crippen molar-refractivity contribution in [3.63, 3.8) is 0 Å². The summed E-state index contributed by atoms with van der Waals surface area (Å²) in [6.07, 6.45) is 3.44. The summed E-state index contributed by atoms with van der Waals surface area (Å²) in [6.45, 7) is 6.95. The Morgan fingerprint density at radius 1 is 1.16 bits per heavy atom. The fourth-order valence-electron chi connectivity index (χ4n) is 2.08. The second kappa shape index (κ2) is 9.15. The summed E-state index contributed by atoms with van der Waals surface area (Å²) in [6, 6.07) is 0. The lowest BCUT2D eigenvalue weighted by Crippen LogP contribution is -2.45. The number of nitrogens with one attached hydrogen (secondary N) is 3. The average molecular weight is 292 g/mol. The van der Waals surface area contributed by atoms with E-state index >= 15 is 0 Å². The Bertz CT molecular complexity index is 292. The van der Waals surface area contributed by atoms with Crippen molar-refractivity contribution in [2.24, 2.45) is 5.41 Å². The van der Waals surface area contributed by atoms with Crippen LogP contribution in [0.4, 0.5) is 0 Å². The number of carbonyl (C=O) groups is 2. The molecule has 2 amide bonds. The van der Waals surface area contributed by atoms with Crippen molar-refractivity contribution in [1.29, 1.82) is 0 Å². The molecule has 1 rings (SSSR count). The Hall–Kier alpha value is -0.810. The molecule has 0 unspecified atom stereocenters. The minimum absolute atomic E-state index is 0. The first-order valence-corrected chi connectivity index (χ1v) is 6.80. The molecular formula is C13H26ClN3O2. The minimum Gasteiger partial charge on any atom is -0.354 e. The number of rotatable bonds is 6. The molecule has 0 spiro atoms. The van der Waals surface area contributed by atoms with Gasteiger partial charge in [-0.15, -0.1) is 12.4 Å². The minimum atomic E-state index is -0.0980. The number of halogens is 1. The summed E-state index contributed by atoms with van der Waals surface area (Å²) < 4.78 is 0. The maximum absolute atomic E-state index is 11.6. The zero-order valence-corrected chi connectivity index (χ0v) is 12.7. The van der Waals surface area contributed by atoms with Crippen LogP contribution in [0, 0.1) is 5.41 Å². The second-order valence-corrected chi connectivity index (χ2v) is 5.36. The van der Waals surface area contributed by atoms with Crippen LogP contribution >= 0.6 is 12.4 Å². The van der Waals surface area contributed by atoms with E-state index in [0.717, 1.165) is 32.4 Å². The topological polar surface area (TPSA) is 70.2 Å². The third kappa shape index (κ3) is 7.38. The molecule has 0 aromatic heterocycles. The standard InChI is InChI=1S/C13H25N3O2.ClH/c1-3-4-11(17)15-9-12(18)16-10-13(2)5-7-14-8-6-13;/h14H,3-10H2,1-2H3,(H,15,17)(H,16,18);1H. The Morgan fingerprint density at radius 3 is 2.37 bits per heavy atom. The van der Waals surface area contributed by atoms with Gasteiger partial charge in [-0.3, -0.25) is 9.59 Å². The van der Waals surface area contributed by atoms with Crippen LogP contribution in [-0.2, 0) is 9.59 Å². The van der Waals surface area contributed by atoms with Crippen molar-refractivity contribution >= 4 is 24.2 Å². The maximum Gasteiger partial charge on any atom is 0.239 e. The second-order valence-electron chi connectivity index (χ2n) is 5.36. The highest BCUT2D eigenvalue weighted by molar-refractivity contribution is 5.85. The molecule has 0 aliphatic carbocycles. The first-order valence-electron chi connectivity index (χ1n) is 6.80. The zero-order valence-electron chi connectivity index (χ0n) is 11.9. The maximum atomic E-state index is 11.6. The molecule has 0 saturated carbocycles. The fraction of sp³-hybridized carbons (Fsp3) is 0.846. The van der Waals surface area contributed by atoms with Gasteiger partial charge in [-0.2, -0.15) is 0 Å². The molecule has 0 radical (unpaired) electrons. The van der Waals surface area contributed by atoms with Crippen molar-refractivity contribution in [2.75, 3.05) is 26.2 Å². The number of carbonyl (C=O) groups excluding carboxylic acids is 2. The largest absolute Gasteiger partial charge is 0.354 e. The van der Waals surface area contributed by atoms with E-state index in [-0.39, 0.29) is 36.2 Å². The van der Waals surface area contributed by atoms with E-state index in [1.54, 1.807) is 0 Å². The lowest BCUT2D eigenvalue weighted by atomic mass is 9.81. The van der Waals surface area contributed by atoms with E-state index in [1.165, 1.54) is 0 Å². The molecule has 0 bridgehead atoms. The molecule has 0 aromatic rings. The number of piperidine rings is 1. The van der Waals surface area contributed by atoms with Gasteiger partial charge in [0.25, 0.3) is 0 Å². The molecule has 1 aliphatic heterocycles. The SMILES string of the molecule is CCCC(=O)NCC(=O)NCC1(C)CCNCC1.Cl. The van der Waals surface area contributed by atoms with Gasteiger partial charge in [-0.05, 0) is 37.8 Å². The Balaban J connectivity index is 0.00000324. The van der Waals surface area contributed by atoms with Crippen molar-refractivity contribution in [2.45, 2.75) is 39.5 Å². The predicted molar refractivity (Wildman–Crippen MR) is 78.4 cm³/mol. The molecule has 5 nitrogen and oxygen atoms in total. The van der Waals surface area contributed by atoms with Crippen LogP contribution < -0.4 is 16.0 Å². The van der Waals surface area contributed by atoms with Crippen LogP contribution in [0.25, 0.3) is 0 Å². The van der Waals surface area contributed by atoms with Gasteiger partial charge in [-0.1, -0.05) is 13.8 Å². The van der Waals surface area contributed by atoms with Crippen LogP contribution in [0.5, 0.6) is 0 Å². The summed E-state index contributed by atoms with van der Waals surface area (Å²) in [7, 11) is 0. The molecule has 3 N–H and O–H groups in total. The first-order chi connectivity index (χ1) is 8.56. The summed E-state index contributed by atoms with van der Waals surface area (Å²) in [5, 5.41) is 8.84.